The molecular formula is C14H27N3O3. The van der Waals surface area contributed by atoms with E-state index in [1.807, 2.05) is 39.6 Å². The molecule has 2 amide bonds. The number of rotatable bonds is 4. The van der Waals surface area contributed by atoms with Gasteiger partial charge in [-0.05, 0) is 34.4 Å². The highest BCUT2D eigenvalue weighted by atomic mass is 16.5. The summed E-state index contributed by atoms with van der Waals surface area (Å²) in [5, 5.41) is 0. The highest BCUT2D eigenvalue weighted by molar-refractivity contribution is 5.82. The Morgan fingerprint density at radius 1 is 1.50 bits per heavy atom. The summed E-state index contributed by atoms with van der Waals surface area (Å²) < 4.78 is 4.92. The topological polar surface area (TPSA) is 53.1 Å². The van der Waals surface area contributed by atoms with Gasteiger partial charge in [-0.3, -0.25) is 9.69 Å². The number of esters is 1. The lowest BCUT2D eigenvalue weighted by Gasteiger charge is -2.33. The quantitative estimate of drug-likeness (QED) is 0.724. The molecule has 0 radical (unpaired) electrons. The Morgan fingerprint density at radius 3 is 2.40 bits per heavy atom. The standard InChI is InChI=1S/C14H27N3O3/c1-8-15(5)11(12(18)20-7)10-9-17(14(2,3)4)13(19)16(10)6/h10-11H,8-9H2,1-7H3/t10?,11-/m1/s1. The van der Waals surface area contributed by atoms with Gasteiger partial charge in [0.2, 0.25) is 0 Å². The van der Waals surface area contributed by atoms with Crippen LogP contribution in [0.2, 0.25) is 0 Å². The lowest BCUT2D eigenvalue weighted by atomic mass is 10.0. The van der Waals surface area contributed by atoms with Crippen molar-refractivity contribution in [2.45, 2.75) is 45.3 Å². The van der Waals surface area contributed by atoms with Crippen molar-refractivity contribution in [1.82, 2.24) is 14.7 Å². The van der Waals surface area contributed by atoms with E-state index in [0.29, 0.717) is 13.1 Å². The van der Waals surface area contributed by atoms with Gasteiger partial charge >= 0.3 is 12.0 Å². The molecule has 0 spiro atoms. The maximum atomic E-state index is 12.4. The molecule has 1 aliphatic heterocycles. The number of hydrogen-bond acceptors (Lipinski definition) is 4. The van der Waals surface area contributed by atoms with Gasteiger partial charge in [0.05, 0.1) is 13.2 Å². The van der Waals surface area contributed by atoms with Crippen molar-refractivity contribution in [1.29, 1.82) is 0 Å². The van der Waals surface area contributed by atoms with Crippen LogP contribution in [0.15, 0.2) is 0 Å². The number of likely N-dealkylation sites (N-methyl/N-ethyl adjacent to an activating group) is 2. The van der Waals surface area contributed by atoms with Crippen LogP contribution in [0.1, 0.15) is 27.7 Å². The summed E-state index contributed by atoms with van der Waals surface area (Å²) in [5.74, 6) is -0.297. The average molecular weight is 285 g/mol. The SMILES string of the molecule is CCN(C)[C@@H](C(=O)OC)C1CN(C(C)(C)C)C(=O)N1C. The summed E-state index contributed by atoms with van der Waals surface area (Å²) in [6, 6.07) is -0.675. The van der Waals surface area contributed by atoms with Crippen LogP contribution in [0.5, 0.6) is 0 Å². The second kappa shape index (κ2) is 5.99. The van der Waals surface area contributed by atoms with Crippen molar-refractivity contribution in [2.24, 2.45) is 0 Å². The van der Waals surface area contributed by atoms with E-state index >= 15 is 0 Å². The lowest BCUT2D eigenvalue weighted by Crippen LogP contribution is -2.53. The molecule has 6 heteroatoms. The van der Waals surface area contributed by atoms with E-state index in [1.54, 1.807) is 16.8 Å². The molecule has 0 aromatic rings. The largest absolute Gasteiger partial charge is 0.468 e. The first-order valence-electron chi connectivity index (χ1n) is 6.97. The molecule has 0 saturated carbocycles. The van der Waals surface area contributed by atoms with Crippen LogP contribution in [0.3, 0.4) is 0 Å². The van der Waals surface area contributed by atoms with Gasteiger partial charge in [0, 0.05) is 19.1 Å². The van der Waals surface area contributed by atoms with E-state index in [2.05, 4.69) is 0 Å². The predicted molar refractivity (Wildman–Crippen MR) is 77.5 cm³/mol. The van der Waals surface area contributed by atoms with Crippen LogP contribution in [0.25, 0.3) is 0 Å². The lowest BCUT2D eigenvalue weighted by molar-refractivity contribution is -0.148. The van der Waals surface area contributed by atoms with Crippen LogP contribution in [0.4, 0.5) is 4.79 Å². The molecule has 1 fully saturated rings. The molecule has 1 unspecified atom stereocenters. The first-order valence-corrected chi connectivity index (χ1v) is 6.97. The minimum absolute atomic E-state index is 0.0408. The molecule has 0 aromatic carbocycles. The molecule has 0 aliphatic carbocycles. The third kappa shape index (κ3) is 3.06. The summed E-state index contributed by atoms with van der Waals surface area (Å²) in [5.41, 5.74) is -0.258. The van der Waals surface area contributed by atoms with Gasteiger partial charge in [-0.15, -0.1) is 0 Å². The minimum atomic E-state index is -0.439. The zero-order chi connectivity index (χ0) is 15.7. The number of nitrogens with zero attached hydrogens (tertiary/aromatic N) is 3. The fourth-order valence-corrected chi connectivity index (χ4v) is 2.54. The molecule has 20 heavy (non-hydrogen) atoms. The van der Waals surface area contributed by atoms with Crippen molar-refractivity contribution < 1.29 is 14.3 Å². The number of amides is 2. The van der Waals surface area contributed by atoms with E-state index in [-0.39, 0.29) is 23.6 Å². The van der Waals surface area contributed by atoms with Crippen molar-refractivity contribution >= 4 is 12.0 Å². The third-order valence-corrected chi connectivity index (χ3v) is 3.99. The molecule has 1 aliphatic rings. The van der Waals surface area contributed by atoms with Gasteiger partial charge in [-0.25, -0.2) is 4.79 Å². The van der Waals surface area contributed by atoms with Gasteiger partial charge in [-0.2, -0.15) is 0 Å². The Labute approximate surface area is 121 Å². The average Bonchev–Trinajstić information content (AvgIpc) is 2.66. The number of carbonyl (C=O) groups is 2. The molecule has 1 heterocycles. The fraction of sp³-hybridized carbons (Fsp3) is 0.857. The molecule has 2 atom stereocenters. The number of carbonyl (C=O) groups excluding carboxylic acids is 2. The van der Waals surface area contributed by atoms with Crippen LogP contribution >= 0.6 is 0 Å². The van der Waals surface area contributed by atoms with Crippen LogP contribution in [0, 0.1) is 0 Å². The van der Waals surface area contributed by atoms with Crippen LogP contribution < -0.4 is 0 Å². The summed E-state index contributed by atoms with van der Waals surface area (Å²) in [7, 11) is 5.01. The van der Waals surface area contributed by atoms with E-state index in [1.165, 1.54) is 7.11 Å². The van der Waals surface area contributed by atoms with Crippen LogP contribution in [-0.4, -0.2) is 78.6 Å². The first kappa shape index (κ1) is 16.8. The third-order valence-electron chi connectivity index (χ3n) is 3.99. The van der Waals surface area contributed by atoms with Gasteiger partial charge in [0.1, 0.15) is 6.04 Å². The van der Waals surface area contributed by atoms with Crippen molar-refractivity contribution in [3.63, 3.8) is 0 Å². The maximum absolute atomic E-state index is 12.4. The summed E-state index contributed by atoms with van der Waals surface area (Å²) in [6.07, 6.45) is 0. The monoisotopic (exact) mass is 285 g/mol. The zero-order valence-corrected chi connectivity index (χ0v) is 13.6. The van der Waals surface area contributed by atoms with Crippen LogP contribution in [-0.2, 0) is 9.53 Å². The van der Waals surface area contributed by atoms with Gasteiger partial charge < -0.3 is 14.5 Å². The van der Waals surface area contributed by atoms with Crippen molar-refractivity contribution in [3.8, 4) is 0 Å². The van der Waals surface area contributed by atoms with Crippen molar-refractivity contribution in [2.75, 3.05) is 34.3 Å². The molecule has 0 N–H and O–H groups in total. The van der Waals surface area contributed by atoms with Gasteiger partial charge in [-0.1, -0.05) is 6.92 Å². The van der Waals surface area contributed by atoms with E-state index in [4.69, 9.17) is 4.74 Å². The zero-order valence-electron chi connectivity index (χ0n) is 13.6. The van der Waals surface area contributed by atoms with Gasteiger partial charge in [0.25, 0.3) is 0 Å². The van der Waals surface area contributed by atoms with E-state index in [0.717, 1.165) is 0 Å². The fourth-order valence-electron chi connectivity index (χ4n) is 2.54. The summed E-state index contributed by atoms with van der Waals surface area (Å²) >= 11 is 0. The Kier molecular flexibility index (Phi) is 5.02. The number of hydrogen-bond donors (Lipinski definition) is 0. The van der Waals surface area contributed by atoms with Crippen molar-refractivity contribution in [3.05, 3.63) is 0 Å². The number of urea groups is 1. The molecule has 0 bridgehead atoms. The Hall–Kier alpha value is -1.30. The second-order valence-corrected chi connectivity index (χ2v) is 6.28. The van der Waals surface area contributed by atoms with Gasteiger partial charge in [0.15, 0.2) is 0 Å². The Bertz CT molecular complexity index is 378. The Morgan fingerprint density at radius 2 is 2.05 bits per heavy atom. The number of ether oxygens (including phenoxy) is 1. The molecule has 0 aromatic heterocycles. The van der Waals surface area contributed by atoms with E-state index in [9.17, 15) is 9.59 Å². The predicted octanol–water partition coefficient (Wildman–Crippen LogP) is 1.01. The molecule has 116 valence electrons. The maximum Gasteiger partial charge on any atom is 0.325 e. The second-order valence-electron chi connectivity index (χ2n) is 6.28. The molecule has 1 rings (SSSR count). The number of methoxy groups -OCH3 is 1. The summed E-state index contributed by atoms with van der Waals surface area (Å²) in [6.45, 7) is 9.22. The molecule has 1 saturated heterocycles. The highest BCUT2D eigenvalue weighted by Crippen LogP contribution is 2.26. The molecular weight excluding hydrogens is 258 g/mol. The summed E-state index contributed by atoms with van der Waals surface area (Å²) in [4.78, 5) is 29.8. The minimum Gasteiger partial charge on any atom is -0.468 e. The normalized spacial score (nSPS) is 21.6. The molecule has 6 nitrogen and oxygen atoms in total. The smallest absolute Gasteiger partial charge is 0.325 e. The van der Waals surface area contributed by atoms with E-state index < -0.39 is 6.04 Å². The Balaban J connectivity index is 3.04. The highest BCUT2D eigenvalue weighted by Gasteiger charge is 2.47. The first-order chi connectivity index (χ1) is 9.15.